The van der Waals surface area contributed by atoms with Crippen molar-refractivity contribution in [1.82, 2.24) is 9.97 Å². The second-order valence-electron chi connectivity index (χ2n) is 7.76. The number of benzene rings is 2. The number of nitrogens with zero attached hydrogens (tertiary/aromatic N) is 2. The van der Waals surface area contributed by atoms with E-state index >= 15 is 0 Å². The molecular weight excluding hydrogens is 383 g/mol. The van der Waals surface area contributed by atoms with Crippen molar-refractivity contribution in [2.24, 2.45) is 0 Å². The molecule has 1 aromatic heterocycles. The Hall–Kier alpha value is -3.61. The number of hydrogen-bond acceptors (Lipinski definition) is 6. The average Bonchev–Trinajstić information content (AvgIpc) is 2.69. The number of hydrogen-bond donors (Lipinski definition) is 2. The first-order valence-corrected chi connectivity index (χ1v) is 9.52. The maximum absolute atomic E-state index is 13.5. The summed E-state index contributed by atoms with van der Waals surface area (Å²) in [6.45, 7) is 3.94. The van der Waals surface area contributed by atoms with Gasteiger partial charge in [0, 0.05) is 23.7 Å². The van der Waals surface area contributed by atoms with Crippen molar-refractivity contribution in [2.45, 2.75) is 25.9 Å². The van der Waals surface area contributed by atoms with Gasteiger partial charge in [0.05, 0.1) is 7.11 Å². The second kappa shape index (κ2) is 7.33. The molecule has 6 nitrogen and oxygen atoms in total. The number of halogens is 1. The lowest BCUT2D eigenvalue weighted by Gasteiger charge is -2.32. The quantitative estimate of drug-likeness (QED) is 0.680. The molecule has 0 amide bonds. The molecule has 2 aromatic carbocycles. The SMILES string of the molecule is COc1cc(Cc2cnc(N)nc2N)cc2c1OC(C)(C)C=C2c1ccc(F)cc1. The van der Waals surface area contributed by atoms with Crippen molar-refractivity contribution in [3.8, 4) is 11.5 Å². The zero-order valence-corrected chi connectivity index (χ0v) is 17.1. The topological polar surface area (TPSA) is 96.3 Å². The Bertz CT molecular complexity index is 1140. The van der Waals surface area contributed by atoms with E-state index in [0.717, 1.165) is 27.8 Å². The van der Waals surface area contributed by atoms with E-state index in [-0.39, 0.29) is 11.8 Å². The molecule has 0 saturated carbocycles. The van der Waals surface area contributed by atoms with Crippen LogP contribution in [0.15, 0.2) is 48.7 Å². The molecule has 0 bridgehead atoms. The number of methoxy groups -OCH3 is 1. The van der Waals surface area contributed by atoms with Crippen LogP contribution in [0, 0.1) is 5.82 Å². The molecule has 0 fully saturated rings. The van der Waals surface area contributed by atoms with E-state index in [0.29, 0.717) is 23.7 Å². The van der Waals surface area contributed by atoms with E-state index in [4.69, 9.17) is 20.9 Å². The molecule has 0 spiro atoms. The van der Waals surface area contributed by atoms with E-state index in [1.165, 1.54) is 12.1 Å². The molecule has 0 atom stereocenters. The van der Waals surface area contributed by atoms with Crippen molar-refractivity contribution in [2.75, 3.05) is 18.6 Å². The van der Waals surface area contributed by atoms with Gasteiger partial charge in [0.1, 0.15) is 17.2 Å². The number of nitrogens with two attached hydrogens (primary N) is 2. The summed E-state index contributed by atoms with van der Waals surface area (Å²) >= 11 is 0. The van der Waals surface area contributed by atoms with Crippen molar-refractivity contribution in [1.29, 1.82) is 0 Å². The molecule has 0 aliphatic carbocycles. The van der Waals surface area contributed by atoms with Gasteiger partial charge in [-0.15, -0.1) is 0 Å². The van der Waals surface area contributed by atoms with Crippen LogP contribution in [0.5, 0.6) is 11.5 Å². The number of ether oxygens (including phenoxy) is 2. The molecule has 0 radical (unpaired) electrons. The van der Waals surface area contributed by atoms with E-state index in [1.54, 1.807) is 25.4 Å². The lowest BCUT2D eigenvalue weighted by molar-refractivity contribution is 0.151. The highest BCUT2D eigenvalue weighted by atomic mass is 19.1. The van der Waals surface area contributed by atoms with Crippen LogP contribution in [0.3, 0.4) is 0 Å². The van der Waals surface area contributed by atoms with Crippen LogP contribution in [0.4, 0.5) is 16.2 Å². The number of nitrogen functional groups attached to an aromatic ring is 2. The van der Waals surface area contributed by atoms with Gasteiger partial charge in [-0.05, 0) is 60.9 Å². The molecule has 7 heteroatoms. The molecule has 1 aliphatic rings. The van der Waals surface area contributed by atoms with Crippen molar-refractivity contribution in [3.05, 3.63) is 76.7 Å². The van der Waals surface area contributed by atoms with Crippen molar-refractivity contribution in [3.63, 3.8) is 0 Å². The monoisotopic (exact) mass is 406 g/mol. The minimum atomic E-state index is -0.555. The van der Waals surface area contributed by atoms with E-state index in [9.17, 15) is 4.39 Å². The first kappa shape index (κ1) is 19.7. The van der Waals surface area contributed by atoms with Crippen LogP contribution >= 0.6 is 0 Å². The number of fused-ring (bicyclic) bond motifs is 1. The fourth-order valence-corrected chi connectivity index (χ4v) is 3.59. The highest BCUT2D eigenvalue weighted by Gasteiger charge is 2.30. The Morgan fingerprint density at radius 1 is 1.13 bits per heavy atom. The van der Waals surface area contributed by atoms with Gasteiger partial charge in [-0.3, -0.25) is 0 Å². The predicted octanol–water partition coefficient (Wildman–Crippen LogP) is 3.98. The van der Waals surface area contributed by atoms with Gasteiger partial charge in [-0.25, -0.2) is 9.37 Å². The van der Waals surface area contributed by atoms with Crippen molar-refractivity contribution >= 4 is 17.3 Å². The Kier molecular flexibility index (Phi) is 4.81. The minimum absolute atomic E-state index is 0.136. The third kappa shape index (κ3) is 3.78. The van der Waals surface area contributed by atoms with Gasteiger partial charge in [-0.1, -0.05) is 12.1 Å². The Labute approximate surface area is 174 Å². The molecule has 1 aliphatic heterocycles. The van der Waals surface area contributed by atoms with Crippen LogP contribution in [0.1, 0.15) is 36.1 Å². The number of anilines is 2. The van der Waals surface area contributed by atoms with Crippen molar-refractivity contribution < 1.29 is 13.9 Å². The summed E-state index contributed by atoms with van der Waals surface area (Å²) in [4.78, 5) is 8.07. The Balaban J connectivity index is 1.84. The first-order chi connectivity index (χ1) is 14.3. The van der Waals surface area contributed by atoms with E-state index in [2.05, 4.69) is 9.97 Å². The van der Waals surface area contributed by atoms with Crippen LogP contribution in [-0.2, 0) is 6.42 Å². The predicted molar refractivity (Wildman–Crippen MR) is 115 cm³/mol. The zero-order valence-electron chi connectivity index (χ0n) is 17.1. The summed E-state index contributed by atoms with van der Waals surface area (Å²) in [6, 6.07) is 10.4. The summed E-state index contributed by atoms with van der Waals surface area (Å²) < 4.78 is 25.4. The average molecular weight is 406 g/mol. The number of rotatable bonds is 4. The molecule has 0 unspecified atom stereocenters. The van der Waals surface area contributed by atoms with Gasteiger partial charge in [0.2, 0.25) is 5.95 Å². The van der Waals surface area contributed by atoms with Gasteiger partial charge < -0.3 is 20.9 Å². The summed E-state index contributed by atoms with van der Waals surface area (Å²) in [6.07, 6.45) is 4.16. The number of aromatic nitrogens is 2. The van der Waals surface area contributed by atoms with Gasteiger partial charge in [0.15, 0.2) is 11.5 Å². The first-order valence-electron chi connectivity index (χ1n) is 9.52. The smallest absolute Gasteiger partial charge is 0.221 e. The van der Waals surface area contributed by atoms with Gasteiger partial charge in [0.25, 0.3) is 0 Å². The molecule has 154 valence electrons. The maximum Gasteiger partial charge on any atom is 0.221 e. The molecule has 4 rings (SSSR count). The highest BCUT2D eigenvalue weighted by molar-refractivity contribution is 5.86. The largest absolute Gasteiger partial charge is 0.493 e. The van der Waals surface area contributed by atoms with E-state index in [1.807, 2.05) is 32.1 Å². The lowest BCUT2D eigenvalue weighted by Crippen LogP contribution is -2.29. The summed E-state index contributed by atoms with van der Waals surface area (Å²) in [5.41, 5.74) is 15.5. The zero-order chi connectivity index (χ0) is 21.5. The fraction of sp³-hybridized carbons (Fsp3) is 0.217. The summed E-state index contributed by atoms with van der Waals surface area (Å²) in [5.74, 6) is 1.45. The molecule has 0 saturated heterocycles. The Morgan fingerprint density at radius 3 is 2.53 bits per heavy atom. The van der Waals surface area contributed by atoms with Crippen LogP contribution < -0.4 is 20.9 Å². The normalized spacial score (nSPS) is 14.5. The third-order valence-corrected chi connectivity index (χ3v) is 4.95. The summed E-state index contributed by atoms with van der Waals surface area (Å²) in [5, 5.41) is 0. The molecular formula is C23H23FN4O2. The second-order valence-corrected chi connectivity index (χ2v) is 7.76. The van der Waals surface area contributed by atoms with Gasteiger partial charge in [-0.2, -0.15) is 4.98 Å². The fourth-order valence-electron chi connectivity index (χ4n) is 3.59. The molecule has 3 aromatic rings. The minimum Gasteiger partial charge on any atom is -0.493 e. The Morgan fingerprint density at radius 2 is 1.87 bits per heavy atom. The standard InChI is InChI=1S/C23H23FN4O2/c1-23(2)11-18(14-4-6-16(24)7-5-14)17-9-13(10-19(29-3)20(17)30-23)8-15-12-27-22(26)28-21(15)25/h4-7,9-12H,8H2,1-3H3,(H4,25,26,27,28). The maximum atomic E-state index is 13.5. The molecule has 4 N–H and O–H groups in total. The van der Waals surface area contributed by atoms with E-state index < -0.39 is 5.60 Å². The van der Waals surface area contributed by atoms with Crippen LogP contribution in [0.25, 0.3) is 5.57 Å². The molecule has 30 heavy (non-hydrogen) atoms. The molecule has 2 heterocycles. The third-order valence-electron chi connectivity index (χ3n) is 4.95. The lowest BCUT2D eigenvalue weighted by atomic mass is 9.88. The van der Waals surface area contributed by atoms with Gasteiger partial charge >= 0.3 is 0 Å². The van der Waals surface area contributed by atoms with Crippen LogP contribution in [0.2, 0.25) is 0 Å². The van der Waals surface area contributed by atoms with Crippen LogP contribution in [-0.4, -0.2) is 22.7 Å². The highest BCUT2D eigenvalue weighted by Crippen LogP contribution is 2.45. The summed E-state index contributed by atoms with van der Waals surface area (Å²) in [7, 11) is 1.60.